The maximum Gasteiger partial charge on any atom is 0.129 e. The summed E-state index contributed by atoms with van der Waals surface area (Å²) in [6, 6.07) is 10.6. The van der Waals surface area contributed by atoms with E-state index in [0.29, 0.717) is 11.0 Å². The van der Waals surface area contributed by atoms with Crippen LogP contribution in [-0.4, -0.2) is 23.1 Å². The molecule has 0 atom stereocenters. The molecule has 1 fully saturated rings. The molecule has 19 heavy (non-hydrogen) atoms. The number of rotatable bonds is 3. The van der Waals surface area contributed by atoms with Gasteiger partial charge in [-0.15, -0.1) is 0 Å². The van der Waals surface area contributed by atoms with E-state index < -0.39 is 0 Å². The highest BCUT2D eigenvalue weighted by atomic mass is 32.1. The Kier molecular flexibility index (Phi) is 3.11. The maximum absolute atomic E-state index is 5.86. The zero-order valence-corrected chi connectivity index (χ0v) is 11.8. The second kappa shape index (κ2) is 4.78. The monoisotopic (exact) mass is 271 g/mol. The predicted molar refractivity (Wildman–Crippen MR) is 83.7 cm³/mol. The summed E-state index contributed by atoms with van der Waals surface area (Å²) in [5.41, 5.74) is 7.73. The first kappa shape index (κ1) is 12.4. The van der Waals surface area contributed by atoms with Crippen LogP contribution < -0.4 is 10.6 Å². The smallest absolute Gasteiger partial charge is 0.129 e. The van der Waals surface area contributed by atoms with Crippen LogP contribution in [0.1, 0.15) is 24.8 Å². The molecule has 98 valence electrons. The summed E-state index contributed by atoms with van der Waals surface area (Å²) < 4.78 is 0. The summed E-state index contributed by atoms with van der Waals surface area (Å²) in [7, 11) is 2.10. The van der Waals surface area contributed by atoms with Crippen LogP contribution in [0.15, 0.2) is 30.3 Å². The summed E-state index contributed by atoms with van der Waals surface area (Å²) in [5.74, 6) is 0.964. The number of thiocarbonyl (C=S) groups is 1. The van der Waals surface area contributed by atoms with Crippen molar-refractivity contribution >= 4 is 33.9 Å². The molecule has 1 aromatic carbocycles. The van der Waals surface area contributed by atoms with Gasteiger partial charge in [0.05, 0.1) is 5.52 Å². The van der Waals surface area contributed by atoms with Gasteiger partial charge in [0.25, 0.3) is 0 Å². The molecule has 1 aromatic heterocycles. The average Bonchev–Trinajstić information content (AvgIpc) is 2.35. The van der Waals surface area contributed by atoms with Crippen molar-refractivity contribution in [1.82, 2.24) is 4.98 Å². The number of hydrogen-bond acceptors (Lipinski definition) is 3. The number of nitrogens with zero attached hydrogens (tertiary/aromatic N) is 2. The van der Waals surface area contributed by atoms with Gasteiger partial charge < -0.3 is 10.6 Å². The summed E-state index contributed by atoms with van der Waals surface area (Å²) in [6.07, 6.45) is 3.80. The molecule has 0 saturated heterocycles. The Balaban J connectivity index is 2.12. The minimum Gasteiger partial charge on any atom is -0.389 e. The normalized spacial score (nSPS) is 15.2. The van der Waals surface area contributed by atoms with Crippen molar-refractivity contribution in [2.75, 3.05) is 11.9 Å². The molecule has 0 unspecified atom stereocenters. The number of fused-ring (bicyclic) bond motifs is 1. The Hall–Kier alpha value is -1.68. The first-order chi connectivity index (χ1) is 9.16. The van der Waals surface area contributed by atoms with Gasteiger partial charge in [-0.2, -0.15) is 0 Å². The van der Waals surface area contributed by atoms with Crippen molar-refractivity contribution < 1.29 is 0 Å². The zero-order valence-electron chi connectivity index (χ0n) is 11.0. The molecule has 1 saturated carbocycles. The van der Waals surface area contributed by atoms with E-state index in [0.717, 1.165) is 22.3 Å². The first-order valence-corrected chi connectivity index (χ1v) is 7.00. The van der Waals surface area contributed by atoms with Gasteiger partial charge >= 0.3 is 0 Å². The summed E-state index contributed by atoms with van der Waals surface area (Å²) >= 11 is 5.18. The summed E-state index contributed by atoms with van der Waals surface area (Å²) in [6.45, 7) is 0. The van der Waals surface area contributed by atoms with Gasteiger partial charge in [0.15, 0.2) is 0 Å². The van der Waals surface area contributed by atoms with Crippen LogP contribution in [-0.2, 0) is 0 Å². The third kappa shape index (κ3) is 2.16. The van der Waals surface area contributed by atoms with Crippen molar-refractivity contribution in [3.63, 3.8) is 0 Å². The number of anilines is 1. The number of pyridine rings is 1. The molecule has 2 aromatic rings. The van der Waals surface area contributed by atoms with Crippen LogP contribution in [0.5, 0.6) is 0 Å². The Labute approximate surface area is 118 Å². The molecule has 2 N–H and O–H groups in total. The minimum absolute atomic E-state index is 0.432. The molecular weight excluding hydrogens is 254 g/mol. The number of hydrogen-bond donors (Lipinski definition) is 1. The average molecular weight is 271 g/mol. The molecule has 0 radical (unpaired) electrons. The Morgan fingerprint density at radius 2 is 2.11 bits per heavy atom. The van der Waals surface area contributed by atoms with Crippen molar-refractivity contribution in [2.24, 2.45) is 5.73 Å². The fraction of sp³-hybridized carbons (Fsp3) is 0.333. The zero-order chi connectivity index (χ0) is 13.4. The van der Waals surface area contributed by atoms with E-state index in [9.17, 15) is 0 Å². The highest BCUT2D eigenvalue weighted by Crippen LogP contribution is 2.29. The number of para-hydroxylation sites is 1. The fourth-order valence-corrected chi connectivity index (χ4v) is 2.68. The molecule has 0 bridgehead atoms. The first-order valence-electron chi connectivity index (χ1n) is 6.59. The molecule has 1 aliphatic rings. The van der Waals surface area contributed by atoms with E-state index in [-0.39, 0.29) is 0 Å². The molecule has 3 rings (SSSR count). The molecular formula is C15H17N3S. The number of benzene rings is 1. The van der Waals surface area contributed by atoms with Gasteiger partial charge in [-0.05, 0) is 31.4 Å². The van der Waals surface area contributed by atoms with Crippen molar-refractivity contribution in [2.45, 2.75) is 25.3 Å². The Bertz CT molecular complexity index is 634. The van der Waals surface area contributed by atoms with Crippen LogP contribution in [0, 0.1) is 0 Å². The molecule has 1 aliphatic carbocycles. The van der Waals surface area contributed by atoms with Crippen LogP contribution >= 0.6 is 12.2 Å². The highest BCUT2D eigenvalue weighted by Gasteiger charge is 2.23. The van der Waals surface area contributed by atoms with Gasteiger partial charge in [-0.1, -0.05) is 30.4 Å². The standard InChI is InChI=1S/C15H17N3S/c1-18(10-5-4-6-10)14-9-12(15(16)19)11-7-2-3-8-13(11)17-14/h2-3,7-10H,4-6H2,1H3,(H2,16,19). The number of aromatic nitrogens is 1. The second-order valence-corrected chi connectivity index (χ2v) is 5.54. The van der Waals surface area contributed by atoms with Crippen LogP contribution in [0.2, 0.25) is 0 Å². The molecule has 0 amide bonds. The lowest BCUT2D eigenvalue weighted by molar-refractivity contribution is 0.399. The van der Waals surface area contributed by atoms with E-state index in [1.807, 2.05) is 30.3 Å². The summed E-state index contributed by atoms with van der Waals surface area (Å²) in [5, 5.41) is 1.03. The van der Waals surface area contributed by atoms with Crippen LogP contribution in [0.25, 0.3) is 10.9 Å². The summed E-state index contributed by atoms with van der Waals surface area (Å²) in [4.78, 5) is 7.41. The lowest BCUT2D eigenvalue weighted by Gasteiger charge is -2.35. The van der Waals surface area contributed by atoms with E-state index in [1.165, 1.54) is 19.3 Å². The molecule has 1 heterocycles. The van der Waals surface area contributed by atoms with Gasteiger partial charge in [0.1, 0.15) is 10.8 Å². The fourth-order valence-electron chi connectivity index (χ4n) is 2.51. The van der Waals surface area contributed by atoms with Gasteiger partial charge in [0.2, 0.25) is 0 Å². The molecule has 3 nitrogen and oxygen atoms in total. The largest absolute Gasteiger partial charge is 0.389 e. The van der Waals surface area contributed by atoms with Crippen LogP contribution in [0.4, 0.5) is 5.82 Å². The maximum atomic E-state index is 5.86. The minimum atomic E-state index is 0.432. The highest BCUT2D eigenvalue weighted by molar-refractivity contribution is 7.80. The van der Waals surface area contributed by atoms with E-state index >= 15 is 0 Å². The quantitative estimate of drug-likeness (QED) is 0.872. The topological polar surface area (TPSA) is 42.1 Å². The van der Waals surface area contributed by atoms with Crippen LogP contribution in [0.3, 0.4) is 0 Å². The lowest BCUT2D eigenvalue weighted by atomic mass is 9.92. The molecule has 4 heteroatoms. The Morgan fingerprint density at radius 3 is 2.74 bits per heavy atom. The van der Waals surface area contributed by atoms with Gasteiger partial charge in [-0.25, -0.2) is 4.98 Å². The lowest BCUT2D eigenvalue weighted by Crippen LogP contribution is -2.37. The molecule has 0 spiro atoms. The van der Waals surface area contributed by atoms with Gasteiger partial charge in [-0.3, -0.25) is 0 Å². The van der Waals surface area contributed by atoms with Crippen molar-refractivity contribution in [3.8, 4) is 0 Å². The Morgan fingerprint density at radius 1 is 1.37 bits per heavy atom. The third-order valence-electron chi connectivity index (χ3n) is 3.95. The predicted octanol–water partition coefficient (Wildman–Crippen LogP) is 2.86. The van der Waals surface area contributed by atoms with Crippen molar-refractivity contribution in [3.05, 3.63) is 35.9 Å². The third-order valence-corrected chi connectivity index (χ3v) is 4.17. The van der Waals surface area contributed by atoms with Crippen molar-refractivity contribution in [1.29, 1.82) is 0 Å². The van der Waals surface area contributed by atoms with E-state index in [4.69, 9.17) is 22.9 Å². The number of nitrogens with two attached hydrogens (primary N) is 1. The van der Waals surface area contributed by atoms with Gasteiger partial charge in [0, 0.05) is 24.0 Å². The SMILES string of the molecule is CN(c1cc(C(N)=S)c2ccccc2n1)C1CCC1. The van der Waals surface area contributed by atoms with E-state index in [2.05, 4.69) is 11.9 Å². The van der Waals surface area contributed by atoms with E-state index in [1.54, 1.807) is 0 Å². The molecule has 0 aliphatic heterocycles. The second-order valence-electron chi connectivity index (χ2n) is 5.11.